The van der Waals surface area contributed by atoms with Crippen LogP contribution >= 0.6 is 11.3 Å². The maximum atomic E-state index is 12.8. The molecule has 0 radical (unpaired) electrons. The van der Waals surface area contributed by atoms with Crippen molar-refractivity contribution in [2.45, 2.75) is 26.4 Å². The van der Waals surface area contributed by atoms with Crippen LogP contribution in [0.4, 0.5) is 0 Å². The molecule has 1 heterocycles. The number of hydrogen-bond acceptors (Lipinski definition) is 3. The number of benzene rings is 2. The van der Waals surface area contributed by atoms with E-state index in [1.165, 1.54) is 15.2 Å². The molecule has 2 aromatic carbocycles. The Balaban J connectivity index is 1.65. The van der Waals surface area contributed by atoms with Crippen LogP contribution in [0.3, 0.4) is 0 Å². The Morgan fingerprint density at radius 1 is 1.15 bits per heavy atom. The summed E-state index contributed by atoms with van der Waals surface area (Å²) >= 11 is 1.72. The lowest BCUT2D eigenvalue weighted by molar-refractivity contribution is -0.902. The molecule has 0 saturated carbocycles. The Kier molecular flexibility index (Phi) is 6.01. The highest BCUT2D eigenvalue weighted by Gasteiger charge is 2.24. The second kappa shape index (κ2) is 8.43. The molecule has 1 amide bonds. The molecule has 3 aromatic rings. The van der Waals surface area contributed by atoms with Crippen molar-refractivity contribution in [1.29, 1.82) is 0 Å². The van der Waals surface area contributed by atoms with Gasteiger partial charge in [-0.15, -0.1) is 11.3 Å². The molecule has 26 heavy (non-hydrogen) atoms. The molecule has 0 spiro atoms. The fraction of sp³-hybridized carbons (Fsp3) is 0.333. The summed E-state index contributed by atoms with van der Waals surface area (Å²) < 4.78 is 1.20. The van der Waals surface area contributed by atoms with Crippen molar-refractivity contribution < 1.29 is 9.69 Å². The summed E-state index contributed by atoms with van der Waals surface area (Å²) in [6.07, 6.45) is 0. The molecule has 0 bridgehead atoms. The highest BCUT2D eigenvalue weighted by atomic mass is 32.1. The van der Waals surface area contributed by atoms with Crippen LogP contribution in [0.25, 0.3) is 10.2 Å². The van der Waals surface area contributed by atoms with Gasteiger partial charge in [-0.1, -0.05) is 42.5 Å². The summed E-state index contributed by atoms with van der Waals surface area (Å²) in [6.45, 7) is 6.04. The molecule has 1 N–H and O–H groups in total. The molecule has 136 valence electrons. The molecule has 0 saturated heterocycles. The summed E-state index contributed by atoms with van der Waals surface area (Å²) in [4.78, 5) is 20.6. The summed E-state index contributed by atoms with van der Waals surface area (Å²) in [5.74, 6) is 0.182. The second-order valence-electron chi connectivity index (χ2n) is 6.66. The van der Waals surface area contributed by atoms with E-state index in [1.807, 2.05) is 48.2 Å². The first-order valence-electron chi connectivity index (χ1n) is 9.08. The molecular weight excluding hydrogens is 342 g/mol. The number of thiazole rings is 1. The molecule has 0 fully saturated rings. The minimum absolute atomic E-state index is 0.182. The number of para-hydroxylation sites is 1. The second-order valence-corrected chi connectivity index (χ2v) is 7.72. The molecule has 2 atom stereocenters. The van der Waals surface area contributed by atoms with E-state index in [4.69, 9.17) is 4.98 Å². The highest BCUT2D eigenvalue weighted by Crippen LogP contribution is 2.24. The van der Waals surface area contributed by atoms with E-state index < -0.39 is 0 Å². The van der Waals surface area contributed by atoms with Crippen molar-refractivity contribution in [3.63, 3.8) is 0 Å². The van der Waals surface area contributed by atoms with Gasteiger partial charge < -0.3 is 9.80 Å². The number of quaternary nitrogens is 1. The average Bonchev–Trinajstić information content (AvgIpc) is 3.10. The fourth-order valence-electron chi connectivity index (χ4n) is 2.97. The monoisotopic (exact) mass is 368 g/mol. The normalized spacial score (nSPS) is 13.5. The van der Waals surface area contributed by atoms with E-state index in [1.54, 1.807) is 11.3 Å². The van der Waals surface area contributed by atoms with Gasteiger partial charge in [0.25, 0.3) is 5.91 Å². The van der Waals surface area contributed by atoms with Gasteiger partial charge >= 0.3 is 0 Å². The van der Waals surface area contributed by atoms with Crippen molar-refractivity contribution in [3.8, 4) is 0 Å². The van der Waals surface area contributed by atoms with Crippen LogP contribution in [-0.4, -0.2) is 35.9 Å². The molecular formula is C21H26N3OS+. The zero-order chi connectivity index (χ0) is 18.5. The van der Waals surface area contributed by atoms with Gasteiger partial charge in [0.05, 0.1) is 17.3 Å². The van der Waals surface area contributed by atoms with Gasteiger partial charge in [-0.25, -0.2) is 4.98 Å². The van der Waals surface area contributed by atoms with Crippen LogP contribution in [0.5, 0.6) is 0 Å². The minimum Gasteiger partial charge on any atom is -0.334 e. The standard InChI is InChI=1S/C21H25N3OS/c1-4-24(14-17-10-6-5-7-11-17)20(25)15-23(3)16(2)21-22-18-12-8-9-13-19(18)26-21/h5-13,16H,4,14-15H2,1-3H3/p+1/t16-/m1/s1. The zero-order valence-electron chi connectivity index (χ0n) is 15.6. The SMILES string of the molecule is CCN(Cc1ccccc1)C(=O)C[NH+](C)[C@H](C)c1nc2ccccc2s1. The maximum absolute atomic E-state index is 12.8. The van der Waals surface area contributed by atoms with Crippen molar-refractivity contribution in [2.24, 2.45) is 0 Å². The van der Waals surface area contributed by atoms with Crippen molar-refractivity contribution in [1.82, 2.24) is 9.88 Å². The lowest BCUT2D eigenvalue weighted by Crippen LogP contribution is -3.10. The first kappa shape index (κ1) is 18.5. The van der Waals surface area contributed by atoms with Gasteiger partial charge in [0.15, 0.2) is 11.6 Å². The quantitative estimate of drug-likeness (QED) is 0.696. The number of fused-ring (bicyclic) bond motifs is 1. The van der Waals surface area contributed by atoms with E-state index >= 15 is 0 Å². The van der Waals surface area contributed by atoms with Crippen LogP contribution in [0.15, 0.2) is 54.6 Å². The van der Waals surface area contributed by atoms with Crippen LogP contribution in [0, 0.1) is 0 Å². The van der Waals surface area contributed by atoms with Crippen LogP contribution in [-0.2, 0) is 11.3 Å². The molecule has 3 rings (SSSR count). The van der Waals surface area contributed by atoms with Gasteiger partial charge in [0.1, 0.15) is 6.04 Å². The van der Waals surface area contributed by atoms with Crippen LogP contribution in [0.1, 0.15) is 30.5 Å². The third-order valence-corrected chi connectivity index (χ3v) is 6.02. The third kappa shape index (κ3) is 4.29. The molecule has 4 nitrogen and oxygen atoms in total. The van der Waals surface area contributed by atoms with Gasteiger partial charge in [-0.05, 0) is 31.5 Å². The largest absolute Gasteiger partial charge is 0.334 e. The lowest BCUT2D eigenvalue weighted by Gasteiger charge is -2.25. The Morgan fingerprint density at radius 3 is 2.54 bits per heavy atom. The number of carbonyl (C=O) groups excluding carboxylic acids is 1. The number of amides is 1. The Morgan fingerprint density at radius 2 is 1.85 bits per heavy atom. The molecule has 5 heteroatoms. The number of likely N-dealkylation sites (N-methyl/N-ethyl adjacent to an activating group) is 2. The summed E-state index contributed by atoms with van der Waals surface area (Å²) in [5, 5.41) is 1.09. The molecule has 0 aliphatic heterocycles. The van der Waals surface area contributed by atoms with E-state index in [0.29, 0.717) is 13.1 Å². The number of nitrogens with zero attached hydrogens (tertiary/aromatic N) is 2. The number of hydrogen-bond donors (Lipinski definition) is 1. The van der Waals surface area contributed by atoms with Gasteiger partial charge in [0.2, 0.25) is 0 Å². The van der Waals surface area contributed by atoms with E-state index in [9.17, 15) is 4.79 Å². The Hall–Kier alpha value is -2.24. The Labute approximate surface area is 159 Å². The van der Waals surface area contributed by atoms with Crippen molar-refractivity contribution in [2.75, 3.05) is 20.1 Å². The molecule has 0 aliphatic carbocycles. The molecule has 0 aliphatic rings. The lowest BCUT2D eigenvalue weighted by atomic mass is 10.2. The third-order valence-electron chi connectivity index (χ3n) is 4.80. The fourth-order valence-corrected chi connectivity index (χ4v) is 4.08. The summed E-state index contributed by atoms with van der Waals surface area (Å²) in [7, 11) is 2.07. The maximum Gasteiger partial charge on any atom is 0.278 e. The molecule has 1 aromatic heterocycles. The number of carbonyl (C=O) groups is 1. The first-order chi connectivity index (χ1) is 12.6. The number of nitrogens with one attached hydrogen (secondary N) is 1. The number of rotatable bonds is 7. The Bertz CT molecular complexity index is 829. The first-order valence-corrected chi connectivity index (χ1v) is 9.89. The van der Waals surface area contributed by atoms with Crippen molar-refractivity contribution >= 4 is 27.5 Å². The van der Waals surface area contributed by atoms with Crippen LogP contribution < -0.4 is 4.90 Å². The van der Waals surface area contributed by atoms with Gasteiger partial charge in [-0.3, -0.25) is 4.79 Å². The predicted octanol–water partition coefficient (Wildman–Crippen LogP) is 2.92. The van der Waals surface area contributed by atoms with E-state index in [0.717, 1.165) is 17.1 Å². The smallest absolute Gasteiger partial charge is 0.278 e. The van der Waals surface area contributed by atoms with Gasteiger partial charge in [-0.2, -0.15) is 0 Å². The van der Waals surface area contributed by atoms with E-state index in [-0.39, 0.29) is 11.9 Å². The minimum atomic E-state index is 0.182. The van der Waals surface area contributed by atoms with Crippen molar-refractivity contribution in [3.05, 3.63) is 65.2 Å². The average molecular weight is 369 g/mol. The van der Waals surface area contributed by atoms with Gasteiger partial charge in [0, 0.05) is 13.1 Å². The predicted molar refractivity (Wildman–Crippen MR) is 107 cm³/mol. The van der Waals surface area contributed by atoms with E-state index in [2.05, 4.69) is 32.2 Å². The van der Waals surface area contributed by atoms with Crippen LogP contribution in [0.2, 0.25) is 0 Å². The number of aromatic nitrogens is 1. The molecule has 1 unspecified atom stereocenters. The summed E-state index contributed by atoms with van der Waals surface area (Å²) in [6, 6.07) is 18.5. The zero-order valence-corrected chi connectivity index (χ0v) is 16.4. The topological polar surface area (TPSA) is 37.6 Å². The summed E-state index contributed by atoms with van der Waals surface area (Å²) in [5.41, 5.74) is 2.21. The highest BCUT2D eigenvalue weighted by molar-refractivity contribution is 7.18.